The Morgan fingerprint density at radius 2 is 1.98 bits per heavy atom. The van der Waals surface area contributed by atoms with E-state index in [1.165, 1.54) is 30.5 Å². The number of benzene rings is 2. The Bertz CT molecular complexity index is 1700. The van der Waals surface area contributed by atoms with Gasteiger partial charge in [0.25, 0.3) is 0 Å². The molecule has 0 radical (unpaired) electrons. The van der Waals surface area contributed by atoms with E-state index in [4.69, 9.17) is 4.74 Å². The zero-order valence-corrected chi connectivity index (χ0v) is 23.0. The molecule has 1 N–H and O–H groups in total. The number of aromatic nitrogens is 3. The Balaban J connectivity index is 1.35. The van der Waals surface area contributed by atoms with Crippen LogP contribution in [0.25, 0.3) is 32.9 Å². The first kappa shape index (κ1) is 26.4. The first-order valence-corrected chi connectivity index (χ1v) is 15.2. The van der Waals surface area contributed by atoms with E-state index >= 15 is 4.39 Å². The summed E-state index contributed by atoms with van der Waals surface area (Å²) in [6.45, 7) is 2.24. The summed E-state index contributed by atoms with van der Waals surface area (Å²) in [5.74, 6) is -0.244. The van der Waals surface area contributed by atoms with E-state index in [0.717, 1.165) is 19.4 Å². The smallest absolute Gasteiger partial charge is 0.319 e. The molecule has 7 rings (SSSR count). The third-order valence-corrected chi connectivity index (χ3v) is 9.79. The summed E-state index contributed by atoms with van der Waals surface area (Å²) < 4.78 is 63.8. The van der Waals surface area contributed by atoms with Crippen molar-refractivity contribution in [2.45, 2.75) is 31.0 Å². The van der Waals surface area contributed by atoms with Crippen molar-refractivity contribution in [3.05, 3.63) is 48.2 Å². The fourth-order valence-corrected chi connectivity index (χ4v) is 7.62. The van der Waals surface area contributed by atoms with Crippen LogP contribution in [0.1, 0.15) is 19.3 Å². The van der Waals surface area contributed by atoms with Crippen LogP contribution in [-0.2, 0) is 10.8 Å². The van der Waals surface area contributed by atoms with Gasteiger partial charge in [-0.15, -0.1) is 0 Å². The van der Waals surface area contributed by atoms with Crippen molar-refractivity contribution in [1.82, 2.24) is 19.9 Å². The highest BCUT2D eigenvalue weighted by Crippen LogP contribution is 2.41. The molecule has 0 unspecified atom stereocenters. The lowest BCUT2D eigenvalue weighted by Crippen LogP contribution is -2.43. The van der Waals surface area contributed by atoms with Gasteiger partial charge < -0.3 is 14.7 Å². The van der Waals surface area contributed by atoms with E-state index in [1.807, 2.05) is 4.90 Å². The zero-order valence-electron chi connectivity index (χ0n) is 22.2. The van der Waals surface area contributed by atoms with Crippen molar-refractivity contribution >= 4 is 38.3 Å². The number of hydrogen-bond donors (Lipinski definition) is 1. The van der Waals surface area contributed by atoms with Crippen molar-refractivity contribution in [1.29, 1.82) is 0 Å². The minimum atomic E-state index is -0.944. The molecule has 3 aliphatic heterocycles. The summed E-state index contributed by atoms with van der Waals surface area (Å²) in [6.07, 6.45) is 2.62. The number of anilines is 1. The third-order valence-electron chi connectivity index (χ3n) is 8.52. The van der Waals surface area contributed by atoms with Crippen molar-refractivity contribution < 1.29 is 27.2 Å². The van der Waals surface area contributed by atoms with Crippen LogP contribution in [-0.4, -0.2) is 85.2 Å². The molecule has 41 heavy (non-hydrogen) atoms. The minimum Gasteiger partial charge on any atom is -0.508 e. The maximum Gasteiger partial charge on any atom is 0.319 e. The number of alkyl halides is 1. The predicted octanol–water partition coefficient (Wildman–Crippen LogP) is 4.35. The highest BCUT2D eigenvalue weighted by Gasteiger charge is 2.49. The highest BCUT2D eigenvalue weighted by atomic mass is 32.2. The van der Waals surface area contributed by atoms with Crippen LogP contribution in [0.2, 0.25) is 0 Å². The lowest BCUT2D eigenvalue weighted by molar-refractivity contribution is 0.107. The van der Waals surface area contributed by atoms with E-state index < -0.39 is 34.1 Å². The fraction of sp³-hybridized carbons (Fsp3) is 0.414. The summed E-state index contributed by atoms with van der Waals surface area (Å²) in [4.78, 5) is 17.5. The molecule has 0 spiro atoms. The van der Waals surface area contributed by atoms with Gasteiger partial charge in [-0.25, -0.2) is 13.2 Å². The van der Waals surface area contributed by atoms with Crippen LogP contribution in [0.15, 0.2) is 36.5 Å². The average molecular weight is 584 g/mol. The third kappa shape index (κ3) is 4.57. The molecule has 5 heterocycles. The van der Waals surface area contributed by atoms with Gasteiger partial charge in [-0.2, -0.15) is 9.97 Å². The number of phenols is 1. The Hall–Kier alpha value is -3.51. The van der Waals surface area contributed by atoms with Gasteiger partial charge in [0, 0.05) is 65.5 Å². The minimum absolute atomic E-state index is 0.0503. The lowest BCUT2D eigenvalue weighted by Gasteiger charge is -2.31. The number of ether oxygens (including phenoxy) is 1. The molecule has 0 bridgehead atoms. The standard InChI is InChI=1S/C29H28F3N5O3S/c30-18-13-29(5-2-6-37(29)15-18)16-40-28-34-26-21(27(35-28)36-7-9-41(39)10-8-36)14-33-25(24(26)32)20-12-19(38)11-17-3-1-4-22(31)23(17)20/h1,3-4,11-12,14,18,38H,2,5-10,13,15-16H2/t18-,29+/m1/s1. The molecule has 8 nitrogen and oxygen atoms in total. The Morgan fingerprint density at radius 3 is 2.80 bits per heavy atom. The van der Waals surface area contributed by atoms with Gasteiger partial charge in [0.2, 0.25) is 0 Å². The highest BCUT2D eigenvalue weighted by molar-refractivity contribution is 7.85. The van der Waals surface area contributed by atoms with Crippen molar-refractivity contribution in [3.63, 3.8) is 0 Å². The maximum atomic E-state index is 16.4. The topological polar surface area (TPSA) is 91.7 Å². The van der Waals surface area contributed by atoms with E-state index in [1.54, 1.807) is 6.07 Å². The molecule has 214 valence electrons. The SMILES string of the molecule is O=S1CCN(c2nc(OC[C@@]34CCCN3C[C@H](F)C4)nc3c(F)c(-c4cc(O)cc5cccc(F)c45)ncc23)CC1. The second-order valence-corrected chi connectivity index (χ2v) is 12.7. The zero-order chi connectivity index (χ0) is 28.3. The number of pyridine rings is 1. The van der Waals surface area contributed by atoms with Gasteiger partial charge in [0.05, 0.1) is 10.9 Å². The largest absolute Gasteiger partial charge is 0.508 e. The molecule has 2 aromatic carbocycles. The first-order valence-electron chi connectivity index (χ1n) is 13.7. The summed E-state index contributed by atoms with van der Waals surface area (Å²) in [5, 5.41) is 11.2. The van der Waals surface area contributed by atoms with Gasteiger partial charge in [-0.3, -0.25) is 14.1 Å². The van der Waals surface area contributed by atoms with E-state index in [2.05, 4.69) is 19.9 Å². The number of hydrogen-bond acceptors (Lipinski definition) is 8. The summed E-state index contributed by atoms with van der Waals surface area (Å²) in [5.41, 5.74) is -0.589. The molecule has 4 aromatic rings. The number of nitrogens with zero attached hydrogens (tertiary/aromatic N) is 5. The van der Waals surface area contributed by atoms with E-state index in [-0.39, 0.29) is 40.5 Å². The van der Waals surface area contributed by atoms with Gasteiger partial charge in [-0.1, -0.05) is 12.1 Å². The molecule has 0 amide bonds. The number of rotatable bonds is 5. The Kier molecular flexibility index (Phi) is 6.50. The van der Waals surface area contributed by atoms with Crippen LogP contribution < -0.4 is 9.64 Å². The van der Waals surface area contributed by atoms with Crippen LogP contribution >= 0.6 is 0 Å². The molecule has 3 fully saturated rings. The summed E-state index contributed by atoms with van der Waals surface area (Å²) in [6, 6.07) is 7.05. The van der Waals surface area contributed by atoms with Gasteiger partial charge in [0.15, 0.2) is 5.82 Å². The maximum absolute atomic E-state index is 16.4. The lowest BCUT2D eigenvalue weighted by atomic mass is 9.95. The molecular weight excluding hydrogens is 555 g/mol. The molecule has 0 saturated carbocycles. The van der Waals surface area contributed by atoms with Gasteiger partial charge in [0.1, 0.15) is 41.4 Å². The van der Waals surface area contributed by atoms with Crippen LogP contribution in [0, 0.1) is 11.6 Å². The van der Waals surface area contributed by atoms with Gasteiger partial charge >= 0.3 is 6.01 Å². The van der Waals surface area contributed by atoms with E-state index in [0.29, 0.717) is 54.2 Å². The predicted molar refractivity (Wildman–Crippen MR) is 150 cm³/mol. The van der Waals surface area contributed by atoms with Crippen molar-refractivity contribution in [2.75, 3.05) is 49.2 Å². The normalized spacial score (nSPS) is 23.5. The molecule has 3 saturated heterocycles. The molecule has 0 aliphatic carbocycles. The van der Waals surface area contributed by atoms with Crippen LogP contribution in [0.3, 0.4) is 0 Å². The van der Waals surface area contributed by atoms with Crippen LogP contribution in [0.4, 0.5) is 19.0 Å². The Morgan fingerprint density at radius 1 is 1.15 bits per heavy atom. The van der Waals surface area contributed by atoms with E-state index in [9.17, 15) is 18.1 Å². The molecule has 2 aromatic heterocycles. The number of halogens is 3. The monoisotopic (exact) mass is 583 g/mol. The van der Waals surface area contributed by atoms with Crippen molar-refractivity contribution in [2.24, 2.45) is 0 Å². The quantitative estimate of drug-likeness (QED) is 0.371. The van der Waals surface area contributed by atoms with Crippen molar-refractivity contribution in [3.8, 4) is 23.0 Å². The number of phenolic OH excluding ortho intramolecular Hbond substituents is 1. The molecular formula is C29H28F3N5O3S. The summed E-state index contributed by atoms with van der Waals surface area (Å²) >= 11 is 0. The fourth-order valence-electron chi connectivity index (χ4n) is 6.57. The summed E-state index contributed by atoms with van der Waals surface area (Å²) in [7, 11) is -0.944. The van der Waals surface area contributed by atoms with Gasteiger partial charge in [-0.05, 0) is 43.0 Å². The average Bonchev–Trinajstić information content (AvgIpc) is 3.48. The van der Waals surface area contributed by atoms with Crippen LogP contribution in [0.5, 0.6) is 11.8 Å². The Labute approximate surface area is 236 Å². The molecule has 2 atom stereocenters. The second kappa shape index (κ2) is 10.1. The number of fused-ring (bicyclic) bond motifs is 3. The molecule has 12 heteroatoms. The number of aromatic hydroxyl groups is 1. The molecule has 3 aliphatic rings. The second-order valence-electron chi connectivity index (χ2n) is 11.0. The first-order chi connectivity index (χ1) is 19.8.